The standard InChI is InChI=1S/C10H12BrFN2O/c1-2-8(11)5-14-10(15)7-3-9(12)6-13-4-7/h3-4,6,8H,2,5H2,1H3,(H,14,15). The van der Waals surface area contributed by atoms with Gasteiger partial charge in [-0.05, 0) is 12.5 Å². The van der Waals surface area contributed by atoms with Crippen LogP contribution in [-0.2, 0) is 0 Å². The van der Waals surface area contributed by atoms with Gasteiger partial charge in [-0.2, -0.15) is 0 Å². The monoisotopic (exact) mass is 274 g/mol. The molecular formula is C10H12BrFN2O. The molecule has 0 aliphatic carbocycles. The van der Waals surface area contributed by atoms with Crippen molar-refractivity contribution in [3.63, 3.8) is 0 Å². The quantitative estimate of drug-likeness (QED) is 0.855. The van der Waals surface area contributed by atoms with Gasteiger partial charge in [0.25, 0.3) is 5.91 Å². The molecule has 0 saturated heterocycles. The molecule has 0 spiro atoms. The van der Waals surface area contributed by atoms with Gasteiger partial charge in [0, 0.05) is 17.6 Å². The molecule has 1 atom stereocenters. The van der Waals surface area contributed by atoms with Crippen LogP contribution in [0.4, 0.5) is 4.39 Å². The molecule has 1 N–H and O–H groups in total. The summed E-state index contributed by atoms with van der Waals surface area (Å²) in [4.78, 5) is 15.3. The number of carbonyl (C=O) groups excluding carboxylic acids is 1. The van der Waals surface area contributed by atoms with E-state index in [1.165, 1.54) is 6.20 Å². The summed E-state index contributed by atoms with van der Waals surface area (Å²) in [5, 5.41) is 2.68. The van der Waals surface area contributed by atoms with Gasteiger partial charge in [0.1, 0.15) is 5.82 Å². The molecule has 1 rings (SSSR count). The third kappa shape index (κ3) is 3.95. The maximum atomic E-state index is 12.7. The van der Waals surface area contributed by atoms with Gasteiger partial charge in [-0.25, -0.2) is 4.39 Å². The van der Waals surface area contributed by atoms with Crippen molar-refractivity contribution in [3.8, 4) is 0 Å². The van der Waals surface area contributed by atoms with Crippen LogP contribution in [-0.4, -0.2) is 22.3 Å². The van der Waals surface area contributed by atoms with Crippen LogP contribution >= 0.6 is 15.9 Å². The molecule has 0 fully saturated rings. The maximum absolute atomic E-state index is 12.7. The molecule has 15 heavy (non-hydrogen) atoms. The second kappa shape index (κ2) is 5.80. The highest BCUT2D eigenvalue weighted by Crippen LogP contribution is 2.04. The van der Waals surface area contributed by atoms with E-state index in [0.717, 1.165) is 18.7 Å². The Balaban J connectivity index is 2.54. The third-order valence-electron chi connectivity index (χ3n) is 1.89. The SMILES string of the molecule is CCC(Br)CNC(=O)c1cncc(F)c1. The van der Waals surface area contributed by atoms with Crippen LogP contribution < -0.4 is 5.32 Å². The van der Waals surface area contributed by atoms with E-state index in [4.69, 9.17) is 0 Å². The summed E-state index contributed by atoms with van der Waals surface area (Å²) >= 11 is 3.39. The highest BCUT2D eigenvalue weighted by atomic mass is 79.9. The number of halogens is 2. The van der Waals surface area contributed by atoms with E-state index in [1.54, 1.807) is 0 Å². The largest absolute Gasteiger partial charge is 0.351 e. The number of nitrogens with one attached hydrogen (secondary N) is 1. The average molecular weight is 275 g/mol. The predicted molar refractivity (Wildman–Crippen MR) is 59.5 cm³/mol. The normalized spacial score (nSPS) is 12.2. The van der Waals surface area contributed by atoms with Gasteiger partial charge in [0.15, 0.2) is 0 Å². The molecule has 0 saturated carbocycles. The lowest BCUT2D eigenvalue weighted by molar-refractivity contribution is 0.0953. The van der Waals surface area contributed by atoms with Crippen molar-refractivity contribution in [1.82, 2.24) is 10.3 Å². The number of aromatic nitrogens is 1. The van der Waals surface area contributed by atoms with Crippen molar-refractivity contribution in [1.29, 1.82) is 0 Å². The Morgan fingerprint density at radius 2 is 2.40 bits per heavy atom. The number of amides is 1. The summed E-state index contributed by atoms with van der Waals surface area (Å²) in [6, 6.07) is 1.16. The van der Waals surface area contributed by atoms with Crippen molar-refractivity contribution in [2.24, 2.45) is 0 Å². The molecule has 1 amide bonds. The van der Waals surface area contributed by atoms with Crippen LogP contribution in [0.2, 0.25) is 0 Å². The Kier molecular flexibility index (Phi) is 4.68. The Hall–Kier alpha value is -0.970. The number of carbonyl (C=O) groups is 1. The first-order chi connectivity index (χ1) is 7.13. The van der Waals surface area contributed by atoms with Crippen LogP contribution in [0.5, 0.6) is 0 Å². The fourth-order valence-corrected chi connectivity index (χ4v) is 1.15. The summed E-state index contributed by atoms with van der Waals surface area (Å²) in [7, 11) is 0. The average Bonchev–Trinajstić information content (AvgIpc) is 2.25. The molecule has 3 nitrogen and oxygen atoms in total. The molecule has 0 radical (unpaired) electrons. The van der Waals surface area contributed by atoms with E-state index in [-0.39, 0.29) is 16.3 Å². The molecule has 0 aliphatic rings. The molecule has 1 heterocycles. The van der Waals surface area contributed by atoms with Crippen LogP contribution in [0.3, 0.4) is 0 Å². The second-order valence-corrected chi connectivity index (χ2v) is 4.40. The first-order valence-corrected chi connectivity index (χ1v) is 5.58. The van der Waals surface area contributed by atoms with Gasteiger partial charge in [-0.1, -0.05) is 22.9 Å². The zero-order valence-corrected chi connectivity index (χ0v) is 9.92. The van der Waals surface area contributed by atoms with Crippen molar-refractivity contribution < 1.29 is 9.18 Å². The fourth-order valence-electron chi connectivity index (χ4n) is 0.986. The fraction of sp³-hybridized carbons (Fsp3) is 0.400. The number of rotatable bonds is 4. The lowest BCUT2D eigenvalue weighted by Gasteiger charge is -2.08. The van der Waals surface area contributed by atoms with Gasteiger partial charge < -0.3 is 5.32 Å². The number of nitrogens with zero attached hydrogens (tertiary/aromatic N) is 1. The van der Waals surface area contributed by atoms with Crippen LogP contribution in [0.25, 0.3) is 0 Å². The summed E-state index contributed by atoms with van der Waals surface area (Å²) in [6.07, 6.45) is 3.32. The molecule has 1 aromatic heterocycles. The smallest absolute Gasteiger partial charge is 0.252 e. The minimum atomic E-state index is -0.506. The second-order valence-electron chi connectivity index (χ2n) is 3.11. The number of pyridine rings is 1. The highest BCUT2D eigenvalue weighted by molar-refractivity contribution is 9.09. The predicted octanol–water partition coefficient (Wildman–Crippen LogP) is 2.12. The number of hydrogen-bond donors (Lipinski definition) is 1. The van der Waals surface area contributed by atoms with Gasteiger partial charge in [0.2, 0.25) is 0 Å². The summed E-state index contributed by atoms with van der Waals surface area (Å²) in [5.74, 6) is -0.812. The summed E-state index contributed by atoms with van der Waals surface area (Å²) in [5.41, 5.74) is 0.241. The van der Waals surface area contributed by atoms with Crippen LogP contribution in [0, 0.1) is 5.82 Å². The van der Waals surface area contributed by atoms with E-state index >= 15 is 0 Å². The molecule has 82 valence electrons. The molecule has 0 bridgehead atoms. The molecule has 0 aromatic carbocycles. The molecule has 0 aliphatic heterocycles. The van der Waals surface area contributed by atoms with E-state index in [0.29, 0.717) is 6.54 Å². The number of hydrogen-bond acceptors (Lipinski definition) is 2. The first kappa shape index (κ1) is 12.1. The Morgan fingerprint density at radius 3 is 3.00 bits per heavy atom. The van der Waals surface area contributed by atoms with Crippen LogP contribution in [0.15, 0.2) is 18.5 Å². The van der Waals surface area contributed by atoms with Gasteiger partial charge in [-0.3, -0.25) is 9.78 Å². The van der Waals surface area contributed by atoms with Crippen molar-refractivity contribution in [3.05, 3.63) is 29.8 Å². The third-order valence-corrected chi connectivity index (χ3v) is 2.87. The Bertz CT molecular complexity index is 346. The van der Waals surface area contributed by atoms with Gasteiger partial charge in [-0.15, -0.1) is 0 Å². The topological polar surface area (TPSA) is 42.0 Å². The van der Waals surface area contributed by atoms with Crippen molar-refractivity contribution >= 4 is 21.8 Å². The lowest BCUT2D eigenvalue weighted by Crippen LogP contribution is -2.29. The molecular weight excluding hydrogens is 263 g/mol. The van der Waals surface area contributed by atoms with Crippen molar-refractivity contribution in [2.45, 2.75) is 18.2 Å². The molecule has 1 unspecified atom stereocenters. The molecule has 1 aromatic rings. The van der Waals surface area contributed by atoms with Gasteiger partial charge in [0.05, 0.1) is 11.8 Å². The summed E-state index contributed by atoms with van der Waals surface area (Å²) in [6.45, 7) is 2.53. The highest BCUT2D eigenvalue weighted by Gasteiger charge is 2.08. The maximum Gasteiger partial charge on any atom is 0.252 e. The van der Waals surface area contributed by atoms with Crippen molar-refractivity contribution in [2.75, 3.05) is 6.54 Å². The lowest BCUT2D eigenvalue weighted by atomic mass is 10.2. The Labute approximate surface area is 96.2 Å². The number of alkyl halides is 1. The van der Waals surface area contributed by atoms with E-state index < -0.39 is 5.82 Å². The van der Waals surface area contributed by atoms with E-state index in [9.17, 15) is 9.18 Å². The van der Waals surface area contributed by atoms with E-state index in [2.05, 4.69) is 26.2 Å². The zero-order valence-electron chi connectivity index (χ0n) is 8.34. The molecule has 5 heteroatoms. The Morgan fingerprint density at radius 1 is 1.67 bits per heavy atom. The van der Waals surface area contributed by atoms with Gasteiger partial charge >= 0.3 is 0 Å². The van der Waals surface area contributed by atoms with E-state index in [1.807, 2.05) is 6.92 Å². The summed E-state index contributed by atoms with van der Waals surface area (Å²) < 4.78 is 12.7. The van der Waals surface area contributed by atoms with Crippen LogP contribution in [0.1, 0.15) is 23.7 Å². The zero-order chi connectivity index (χ0) is 11.3. The minimum absolute atomic E-state index is 0.239. The minimum Gasteiger partial charge on any atom is -0.351 e. The first-order valence-electron chi connectivity index (χ1n) is 4.66.